The fourth-order valence-electron chi connectivity index (χ4n) is 3.34. The predicted octanol–water partition coefficient (Wildman–Crippen LogP) is 2.48. The van der Waals surface area contributed by atoms with Crippen molar-refractivity contribution in [3.05, 3.63) is 41.5 Å². The topological polar surface area (TPSA) is 121 Å². The Labute approximate surface area is 166 Å². The van der Waals surface area contributed by atoms with E-state index >= 15 is 0 Å². The summed E-state index contributed by atoms with van der Waals surface area (Å²) in [6.45, 7) is 0.0196. The number of carbonyl (C=O) groups is 2. The molecule has 2 atom stereocenters. The molecule has 0 aliphatic carbocycles. The van der Waals surface area contributed by atoms with Gasteiger partial charge in [-0.2, -0.15) is 0 Å². The molecule has 2 aromatic carbocycles. The summed E-state index contributed by atoms with van der Waals surface area (Å²) in [5, 5.41) is 19.8. The average Bonchev–Trinajstić information content (AvgIpc) is 3.17. The second kappa shape index (κ2) is 8.17. The quantitative estimate of drug-likeness (QED) is 0.683. The highest BCUT2D eigenvalue weighted by molar-refractivity contribution is 5.89. The summed E-state index contributed by atoms with van der Waals surface area (Å²) in [6, 6.07) is 7.42. The number of benzene rings is 2. The number of methoxy groups -OCH3 is 3. The molecule has 154 valence electrons. The van der Waals surface area contributed by atoms with Crippen LogP contribution >= 0.6 is 0 Å². The predicted molar refractivity (Wildman–Crippen MR) is 99.4 cm³/mol. The van der Waals surface area contributed by atoms with Gasteiger partial charge < -0.3 is 33.9 Å². The van der Waals surface area contributed by atoms with Gasteiger partial charge in [0.1, 0.15) is 0 Å². The fraction of sp³-hybridized carbons (Fsp3) is 0.300. The second-order valence-corrected chi connectivity index (χ2v) is 6.20. The summed E-state index contributed by atoms with van der Waals surface area (Å²) in [6.07, 6.45) is 0. The third kappa shape index (κ3) is 3.71. The molecule has 9 heteroatoms. The average molecular weight is 404 g/mol. The lowest BCUT2D eigenvalue weighted by Crippen LogP contribution is -2.26. The third-order valence-corrected chi connectivity index (χ3v) is 4.67. The van der Waals surface area contributed by atoms with E-state index in [0.29, 0.717) is 11.5 Å². The van der Waals surface area contributed by atoms with Crippen molar-refractivity contribution >= 4 is 11.9 Å². The summed E-state index contributed by atoms with van der Waals surface area (Å²) >= 11 is 0. The molecule has 0 saturated heterocycles. The van der Waals surface area contributed by atoms with Crippen molar-refractivity contribution < 1.29 is 43.5 Å². The van der Waals surface area contributed by atoms with Crippen molar-refractivity contribution in [2.24, 2.45) is 0 Å². The number of aliphatic carboxylic acids is 2. The highest BCUT2D eigenvalue weighted by Crippen LogP contribution is 2.44. The van der Waals surface area contributed by atoms with Gasteiger partial charge in [-0.3, -0.25) is 9.59 Å². The van der Waals surface area contributed by atoms with Crippen LogP contribution in [0.25, 0.3) is 0 Å². The summed E-state index contributed by atoms with van der Waals surface area (Å²) < 4.78 is 26.3. The standard InChI is InChI=1S/C20H20O9/c1-25-14-7-11(8-15(26-2)18(14)27-3)17(20(23)24)16(19(21)22)10-4-5-12-13(6-10)29-9-28-12/h4-8,16-17H,9H2,1-3H3,(H,21,22)(H,23,24). The molecule has 2 N–H and O–H groups in total. The largest absolute Gasteiger partial charge is 0.493 e. The first-order valence-corrected chi connectivity index (χ1v) is 8.56. The number of fused-ring (bicyclic) bond motifs is 1. The monoisotopic (exact) mass is 404 g/mol. The second-order valence-electron chi connectivity index (χ2n) is 6.20. The Morgan fingerprint density at radius 2 is 1.38 bits per heavy atom. The number of hydrogen-bond acceptors (Lipinski definition) is 7. The highest BCUT2D eigenvalue weighted by atomic mass is 16.7. The first-order valence-electron chi connectivity index (χ1n) is 8.56. The maximum Gasteiger partial charge on any atom is 0.312 e. The summed E-state index contributed by atoms with van der Waals surface area (Å²) in [5.74, 6) is -3.88. The number of carboxylic acids is 2. The zero-order valence-electron chi connectivity index (χ0n) is 16.0. The minimum Gasteiger partial charge on any atom is -0.493 e. The van der Waals surface area contributed by atoms with Gasteiger partial charge in [-0.1, -0.05) is 6.07 Å². The lowest BCUT2D eigenvalue weighted by Gasteiger charge is -2.23. The molecule has 1 aliphatic heterocycles. The Morgan fingerprint density at radius 3 is 1.90 bits per heavy atom. The molecule has 9 nitrogen and oxygen atoms in total. The van der Waals surface area contributed by atoms with Gasteiger partial charge in [0.25, 0.3) is 0 Å². The van der Waals surface area contributed by atoms with Crippen molar-refractivity contribution in [1.82, 2.24) is 0 Å². The molecule has 3 rings (SSSR count). The zero-order valence-corrected chi connectivity index (χ0v) is 16.0. The zero-order chi connectivity index (χ0) is 21.1. The Morgan fingerprint density at radius 1 is 0.828 bits per heavy atom. The van der Waals surface area contributed by atoms with Crippen LogP contribution in [0.4, 0.5) is 0 Å². The van der Waals surface area contributed by atoms with E-state index in [-0.39, 0.29) is 35.2 Å². The minimum atomic E-state index is -1.43. The van der Waals surface area contributed by atoms with E-state index in [4.69, 9.17) is 23.7 Å². The summed E-state index contributed by atoms with van der Waals surface area (Å²) in [5.41, 5.74) is 0.458. The van der Waals surface area contributed by atoms with Gasteiger partial charge >= 0.3 is 11.9 Å². The van der Waals surface area contributed by atoms with Crippen molar-refractivity contribution in [2.45, 2.75) is 11.8 Å². The van der Waals surface area contributed by atoms with Crippen LogP contribution in [0.3, 0.4) is 0 Å². The van der Waals surface area contributed by atoms with E-state index in [1.165, 1.54) is 45.6 Å². The van der Waals surface area contributed by atoms with Gasteiger partial charge in [-0.25, -0.2) is 0 Å². The van der Waals surface area contributed by atoms with Crippen molar-refractivity contribution in [2.75, 3.05) is 28.1 Å². The lowest BCUT2D eigenvalue weighted by molar-refractivity contribution is -0.147. The van der Waals surface area contributed by atoms with Gasteiger partial charge in [0.15, 0.2) is 23.0 Å². The Bertz CT molecular complexity index is 913. The van der Waals surface area contributed by atoms with Crippen LogP contribution in [0.5, 0.6) is 28.7 Å². The Kier molecular flexibility index (Phi) is 5.67. The highest BCUT2D eigenvalue weighted by Gasteiger charge is 2.38. The molecule has 0 bridgehead atoms. The molecule has 2 aromatic rings. The Hall–Kier alpha value is -3.62. The van der Waals surface area contributed by atoms with Gasteiger partial charge in [-0.15, -0.1) is 0 Å². The number of carboxylic acid groups (broad SMARTS) is 2. The van der Waals surface area contributed by atoms with Crippen molar-refractivity contribution in [1.29, 1.82) is 0 Å². The molecular weight excluding hydrogens is 384 g/mol. The normalized spacial score (nSPS) is 14.0. The molecule has 2 unspecified atom stereocenters. The Balaban J connectivity index is 2.14. The van der Waals surface area contributed by atoms with Crippen LogP contribution < -0.4 is 23.7 Å². The smallest absolute Gasteiger partial charge is 0.312 e. The summed E-state index contributed by atoms with van der Waals surface area (Å²) in [7, 11) is 4.20. The lowest BCUT2D eigenvalue weighted by atomic mass is 9.81. The number of hydrogen-bond donors (Lipinski definition) is 2. The number of ether oxygens (including phenoxy) is 5. The molecule has 0 spiro atoms. The van der Waals surface area contributed by atoms with E-state index in [1.54, 1.807) is 6.07 Å². The molecule has 29 heavy (non-hydrogen) atoms. The minimum absolute atomic E-state index is 0.0196. The first-order chi connectivity index (χ1) is 13.9. The summed E-state index contributed by atoms with van der Waals surface area (Å²) in [4.78, 5) is 24.3. The maximum absolute atomic E-state index is 12.2. The molecule has 1 aliphatic rings. The van der Waals surface area contributed by atoms with Crippen molar-refractivity contribution in [3.63, 3.8) is 0 Å². The van der Waals surface area contributed by atoms with Gasteiger partial charge in [0.2, 0.25) is 12.5 Å². The first kappa shape index (κ1) is 20.1. The van der Waals surface area contributed by atoms with Crippen LogP contribution in [-0.4, -0.2) is 50.3 Å². The molecule has 0 aromatic heterocycles. The van der Waals surface area contributed by atoms with Crippen LogP contribution in [0.15, 0.2) is 30.3 Å². The SMILES string of the molecule is COc1cc(C(C(=O)O)C(C(=O)O)c2ccc3c(c2)OCO3)cc(OC)c1OC. The maximum atomic E-state index is 12.2. The van der Waals surface area contributed by atoms with Crippen molar-refractivity contribution in [3.8, 4) is 28.7 Å². The molecule has 1 heterocycles. The number of rotatable bonds is 8. The third-order valence-electron chi connectivity index (χ3n) is 4.67. The van der Waals surface area contributed by atoms with E-state index < -0.39 is 23.8 Å². The van der Waals surface area contributed by atoms with E-state index in [2.05, 4.69) is 0 Å². The molecule has 0 fully saturated rings. The fourth-order valence-corrected chi connectivity index (χ4v) is 3.34. The molecule has 0 saturated carbocycles. The van der Waals surface area contributed by atoms with E-state index in [1.807, 2.05) is 0 Å². The van der Waals surface area contributed by atoms with E-state index in [0.717, 1.165) is 0 Å². The van der Waals surface area contributed by atoms with Crippen LogP contribution in [-0.2, 0) is 9.59 Å². The van der Waals surface area contributed by atoms with Gasteiger partial charge in [0, 0.05) is 0 Å². The van der Waals surface area contributed by atoms with Gasteiger partial charge in [-0.05, 0) is 35.4 Å². The van der Waals surface area contributed by atoms with Crippen LogP contribution in [0, 0.1) is 0 Å². The van der Waals surface area contributed by atoms with Crippen LogP contribution in [0.1, 0.15) is 23.0 Å². The van der Waals surface area contributed by atoms with Crippen LogP contribution in [0.2, 0.25) is 0 Å². The molecular formula is C20H20O9. The van der Waals surface area contributed by atoms with Gasteiger partial charge in [0.05, 0.1) is 33.2 Å². The van der Waals surface area contributed by atoms with E-state index in [9.17, 15) is 19.8 Å². The molecule has 0 radical (unpaired) electrons. The molecule has 0 amide bonds.